The van der Waals surface area contributed by atoms with E-state index in [0.29, 0.717) is 6.04 Å². The SMILES string of the molecule is CCNC(CCc1cccnc1)Cc1ccccn1. The summed E-state index contributed by atoms with van der Waals surface area (Å²) in [5, 5.41) is 3.54. The van der Waals surface area contributed by atoms with Crippen LogP contribution in [-0.2, 0) is 12.8 Å². The van der Waals surface area contributed by atoms with Crippen molar-refractivity contribution >= 4 is 0 Å². The van der Waals surface area contributed by atoms with Gasteiger partial charge in [-0.05, 0) is 43.1 Å². The molecule has 0 saturated heterocycles. The van der Waals surface area contributed by atoms with Crippen LogP contribution in [0.1, 0.15) is 24.6 Å². The maximum atomic E-state index is 4.40. The Morgan fingerprint density at radius 2 is 2.11 bits per heavy atom. The Morgan fingerprint density at radius 1 is 1.16 bits per heavy atom. The molecule has 2 aromatic rings. The molecule has 2 aromatic heterocycles. The maximum absolute atomic E-state index is 4.40. The van der Waals surface area contributed by atoms with E-state index in [1.165, 1.54) is 5.56 Å². The topological polar surface area (TPSA) is 37.8 Å². The van der Waals surface area contributed by atoms with Crippen molar-refractivity contribution in [3.8, 4) is 0 Å². The second-order valence-electron chi connectivity index (χ2n) is 4.68. The first kappa shape index (κ1) is 13.7. The third-order valence-electron chi connectivity index (χ3n) is 3.18. The van der Waals surface area contributed by atoms with Gasteiger partial charge in [-0.1, -0.05) is 19.1 Å². The number of aromatic nitrogens is 2. The molecule has 0 aliphatic heterocycles. The molecular formula is C16H21N3. The van der Waals surface area contributed by atoms with Crippen molar-refractivity contribution in [2.45, 2.75) is 32.2 Å². The molecule has 1 atom stereocenters. The van der Waals surface area contributed by atoms with Crippen LogP contribution in [0.25, 0.3) is 0 Å². The predicted molar refractivity (Wildman–Crippen MR) is 78.0 cm³/mol. The van der Waals surface area contributed by atoms with Gasteiger partial charge in [0.2, 0.25) is 0 Å². The van der Waals surface area contributed by atoms with Gasteiger partial charge in [0.1, 0.15) is 0 Å². The van der Waals surface area contributed by atoms with Gasteiger partial charge in [-0.25, -0.2) is 0 Å². The van der Waals surface area contributed by atoms with Crippen LogP contribution >= 0.6 is 0 Å². The lowest BCUT2D eigenvalue weighted by Gasteiger charge is -2.17. The van der Waals surface area contributed by atoms with Crippen molar-refractivity contribution in [2.75, 3.05) is 6.54 Å². The van der Waals surface area contributed by atoms with Crippen molar-refractivity contribution in [2.24, 2.45) is 0 Å². The first-order chi connectivity index (χ1) is 9.38. The van der Waals surface area contributed by atoms with E-state index in [0.717, 1.165) is 31.5 Å². The quantitative estimate of drug-likeness (QED) is 0.826. The minimum atomic E-state index is 0.472. The molecule has 3 heteroatoms. The minimum absolute atomic E-state index is 0.472. The van der Waals surface area contributed by atoms with E-state index in [1.807, 2.05) is 36.8 Å². The lowest BCUT2D eigenvalue weighted by Crippen LogP contribution is -2.31. The summed E-state index contributed by atoms with van der Waals surface area (Å²) in [4.78, 5) is 8.56. The molecule has 0 aliphatic carbocycles. The van der Waals surface area contributed by atoms with Crippen LogP contribution in [0, 0.1) is 0 Å². The number of likely N-dealkylation sites (N-methyl/N-ethyl adjacent to an activating group) is 1. The van der Waals surface area contributed by atoms with Crippen molar-refractivity contribution in [3.05, 3.63) is 60.2 Å². The fraction of sp³-hybridized carbons (Fsp3) is 0.375. The number of nitrogens with zero attached hydrogens (tertiary/aromatic N) is 2. The molecule has 2 heterocycles. The Hall–Kier alpha value is -1.74. The molecule has 19 heavy (non-hydrogen) atoms. The fourth-order valence-electron chi connectivity index (χ4n) is 2.22. The van der Waals surface area contributed by atoms with E-state index in [-0.39, 0.29) is 0 Å². The van der Waals surface area contributed by atoms with Crippen LogP contribution in [0.5, 0.6) is 0 Å². The summed E-state index contributed by atoms with van der Waals surface area (Å²) in [5.41, 5.74) is 2.45. The molecule has 3 nitrogen and oxygen atoms in total. The third kappa shape index (κ3) is 4.79. The third-order valence-corrected chi connectivity index (χ3v) is 3.18. The molecule has 1 N–H and O–H groups in total. The summed E-state index contributed by atoms with van der Waals surface area (Å²) < 4.78 is 0. The van der Waals surface area contributed by atoms with Crippen molar-refractivity contribution < 1.29 is 0 Å². The summed E-state index contributed by atoms with van der Waals surface area (Å²) >= 11 is 0. The Kier molecular flexibility index (Phi) is 5.50. The molecule has 1 unspecified atom stereocenters. The Labute approximate surface area is 115 Å². The molecule has 0 saturated carbocycles. The number of rotatable bonds is 7. The highest BCUT2D eigenvalue weighted by Gasteiger charge is 2.09. The molecule has 0 spiro atoms. The van der Waals surface area contributed by atoms with Crippen LogP contribution < -0.4 is 5.32 Å². The maximum Gasteiger partial charge on any atom is 0.0419 e. The zero-order valence-corrected chi connectivity index (χ0v) is 11.4. The largest absolute Gasteiger partial charge is 0.314 e. The van der Waals surface area contributed by atoms with Gasteiger partial charge in [0.15, 0.2) is 0 Å². The highest BCUT2D eigenvalue weighted by Crippen LogP contribution is 2.08. The standard InChI is InChI=1S/C16H21N3/c1-2-18-16(12-15-7-3-4-11-19-15)9-8-14-6-5-10-17-13-14/h3-7,10-11,13,16,18H,2,8-9,12H2,1H3. The van der Waals surface area contributed by atoms with Crippen LogP contribution in [0.2, 0.25) is 0 Å². The number of pyridine rings is 2. The Morgan fingerprint density at radius 3 is 2.79 bits per heavy atom. The average molecular weight is 255 g/mol. The van der Waals surface area contributed by atoms with Crippen molar-refractivity contribution in [1.82, 2.24) is 15.3 Å². The van der Waals surface area contributed by atoms with Gasteiger partial charge in [0, 0.05) is 36.7 Å². The fourth-order valence-corrected chi connectivity index (χ4v) is 2.22. The second kappa shape index (κ2) is 7.64. The molecule has 0 aliphatic rings. The predicted octanol–water partition coefficient (Wildman–Crippen LogP) is 2.63. The molecule has 2 rings (SSSR count). The van der Waals surface area contributed by atoms with Crippen LogP contribution in [-0.4, -0.2) is 22.6 Å². The minimum Gasteiger partial charge on any atom is -0.314 e. The smallest absolute Gasteiger partial charge is 0.0419 e. The highest BCUT2D eigenvalue weighted by molar-refractivity contribution is 5.10. The van der Waals surface area contributed by atoms with Gasteiger partial charge in [-0.15, -0.1) is 0 Å². The van der Waals surface area contributed by atoms with Crippen molar-refractivity contribution in [3.63, 3.8) is 0 Å². The molecule has 0 bridgehead atoms. The van der Waals surface area contributed by atoms with E-state index in [9.17, 15) is 0 Å². The zero-order valence-electron chi connectivity index (χ0n) is 11.4. The van der Waals surface area contributed by atoms with Gasteiger partial charge in [-0.2, -0.15) is 0 Å². The molecule has 0 aromatic carbocycles. The number of hydrogen-bond donors (Lipinski definition) is 1. The molecule has 0 amide bonds. The second-order valence-corrected chi connectivity index (χ2v) is 4.68. The van der Waals surface area contributed by atoms with Crippen LogP contribution in [0.3, 0.4) is 0 Å². The molecular weight excluding hydrogens is 234 g/mol. The Bertz CT molecular complexity index is 456. The van der Waals surface area contributed by atoms with Gasteiger partial charge < -0.3 is 5.32 Å². The highest BCUT2D eigenvalue weighted by atomic mass is 14.9. The van der Waals surface area contributed by atoms with E-state index >= 15 is 0 Å². The molecule has 100 valence electrons. The normalized spacial score (nSPS) is 12.3. The Balaban J connectivity index is 1.89. The van der Waals surface area contributed by atoms with E-state index in [1.54, 1.807) is 0 Å². The lowest BCUT2D eigenvalue weighted by atomic mass is 10.0. The lowest BCUT2D eigenvalue weighted by molar-refractivity contribution is 0.486. The van der Waals surface area contributed by atoms with Gasteiger partial charge >= 0.3 is 0 Å². The summed E-state index contributed by atoms with van der Waals surface area (Å²) in [7, 11) is 0. The summed E-state index contributed by atoms with van der Waals surface area (Å²) in [6, 6.07) is 10.7. The van der Waals surface area contributed by atoms with E-state index < -0.39 is 0 Å². The van der Waals surface area contributed by atoms with E-state index in [2.05, 4.69) is 34.3 Å². The van der Waals surface area contributed by atoms with Crippen LogP contribution in [0.4, 0.5) is 0 Å². The summed E-state index contributed by atoms with van der Waals surface area (Å²) in [5.74, 6) is 0. The zero-order chi connectivity index (χ0) is 13.3. The molecule has 0 radical (unpaired) electrons. The van der Waals surface area contributed by atoms with Gasteiger partial charge in [0.25, 0.3) is 0 Å². The summed E-state index contributed by atoms with van der Waals surface area (Å²) in [6.45, 7) is 3.14. The number of aryl methyl sites for hydroxylation is 1. The van der Waals surface area contributed by atoms with E-state index in [4.69, 9.17) is 0 Å². The monoisotopic (exact) mass is 255 g/mol. The number of nitrogens with one attached hydrogen (secondary N) is 1. The van der Waals surface area contributed by atoms with Crippen molar-refractivity contribution in [1.29, 1.82) is 0 Å². The van der Waals surface area contributed by atoms with Crippen LogP contribution in [0.15, 0.2) is 48.9 Å². The van der Waals surface area contributed by atoms with Gasteiger partial charge in [-0.3, -0.25) is 9.97 Å². The first-order valence-corrected chi connectivity index (χ1v) is 6.90. The summed E-state index contributed by atoms with van der Waals surface area (Å²) in [6.07, 6.45) is 8.77. The first-order valence-electron chi connectivity index (χ1n) is 6.90. The van der Waals surface area contributed by atoms with Gasteiger partial charge in [0.05, 0.1) is 0 Å². The number of hydrogen-bond acceptors (Lipinski definition) is 3. The molecule has 0 fully saturated rings. The average Bonchev–Trinajstić information content (AvgIpc) is 2.47.